The van der Waals surface area contributed by atoms with Gasteiger partial charge in [-0.2, -0.15) is 0 Å². The monoisotopic (exact) mass is 736 g/mol. The average molecular weight is 737 g/mol. The summed E-state index contributed by atoms with van der Waals surface area (Å²) in [6.45, 7) is 10.1. The lowest BCUT2D eigenvalue weighted by molar-refractivity contribution is 0.415. The fourth-order valence-corrected chi connectivity index (χ4v) is 10.4. The second kappa shape index (κ2) is 12.0. The van der Waals surface area contributed by atoms with Gasteiger partial charge in [-0.05, 0) is 95.6 Å². The molecule has 0 fully saturated rings. The van der Waals surface area contributed by atoms with Crippen LogP contribution in [-0.2, 0) is 15.3 Å². The van der Waals surface area contributed by atoms with Crippen molar-refractivity contribution in [2.75, 3.05) is 9.80 Å². The Balaban J connectivity index is 1.18. The molecule has 7 aromatic carbocycles. The van der Waals surface area contributed by atoms with E-state index in [4.69, 9.17) is 9.47 Å². The smallest absolute Gasteiger partial charge is 0.207 e. The molecular formula is C48H36N2O4S. The lowest BCUT2D eigenvalue weighted by Crippen LogP contribution is -2.31. The van der Waals surface area contributed by atoms with E-state index in [2.05, 4.69) is 72.7 Å². The van der Waals surface area contributed by atoms with Crippen LogP contribution < -0.4 is 19.3 Å². The summed E-state index contributed by atoms with van der Waals surface area (Å²) in [7, 11) is -3.88. The van der Waals surface area contributed by atoms with Crippen molar-refractivity contribution in [2.45, 2.75) is 36.0 Å². The zero-order valence-electron chi connectivity index (χ0n) is 30.6. The van der Waals surface area contributed by atoms with E-state index < -0.39 is 15.3 Å². The van der Waals surface area contributed by atoms with Gasteiger partial charge >= 0.3 is 0 Å². The summed E-state index contributed by atoms with van der Waals surface area (Å²) in [6, 6.07) is 44.1. The molecule has 7 aromatic rings. The van der Waals surface area contributed by atoms with E-state index >= 15 is 0 Å². The van der Waals surface area contributed by atoms with Crippen molar-refractivity contribution in [3.8, 4) is 17.2 Å². The molecular weight excluding hydrogens is 701 g/mol. The molecule has 0 saturated heterocycles. The quantitative estimate of drug-likeness (QED) is 0.168. The van der Waals surface area contributed by atoms with Crippen LogP contribution >= 0.6 is 0 Å². The molecule has 3 aliphatic heterocycles. The van der Waals surface area contributed by atoms with E-state index in [0.29, 0.717) is 9.79 Å². The van der Waals surface area contributed by atoms with Crippen LogP contribution in [0, 0.1) is 0 Å². The number of allylic oxidation sites excluding steroid dienone is 4. The highest BCUT2D eigenvalue weighted by Crippen LogP contribution is 2.56. The number of sulfone groups is 1. The first-order valence-electron chi connectivity index (χ1n) is 18.3. The van der Waals surface area contributed by atoms with Crippen molar-refractivity contribution < 1.29 is 17.9 Å². The molecule has 0 amide bonds. The van der Waals surface area contributed by atoms with Gasteiger partial charge in [-0.25, -0.2) is 8.42 Å². The number of hydrogen-bond acceptors (Lipinski definition) is 6. The third-order valence-corrected chi connectivity index (χ3v) is 13.0. The molecule has 3 aliphatic rings. The largest absolute Gasteiger partial charge is 0.458 e. The van der Waals surface area contributed by atoms with E-state index in [1.54, 1.807) is 18.2 Å². The van der Waals surface area contributed by atoms with Crippen LogP contribution in [0.4, 0.5) is 28.4 Å². The van der Waals surface area contributed by atoms with Crippen LogP contribution in [0.15, 0.2) is 180 Å². The molecule has 10 rings (SSSR count). The predicted molar refractivity (Wildman–Crippen MR) is 221 cm³/mol. The molecule has 268 valence electrons. The van der Waals surface area contributed by atoms with Crippen molar-refractivity contribution in [1.82, 2.24) is 0 Å². The first-order chi connectivity index (χ1) is 26.7. The summed E-state index contributed by atoms with van der Waals surface area (Å²) in [5.41, 5.74) is 5.93. The third-order valence-electron chi connectivity index (χ3n) is 11.1. The Morgan fingerprint density at radius 3 is 1.80 bits per heavy atom. The second-order valence-electron chi connectivity index (χ2n) is 14.6. The van der Waals surface area contributed by atoms with E-state index in [-0.39, 0.29) is 0 Å². The zero-order chi connectivity index (χ0) is 37.6. The van der Waals surface area contributed by atoms with Crippen LogP contribution in [0.3, 0.4) is 0 Å². The van der Waals surface area contributed by atoms with Crippen molar-refractivity contribution in [3.63, 3.8) is 0 Å². The minimum absolute atomic E-state index is 0.310. The molecule has 0 spiro atoms. The second-order valence-corrected chi connectivity index (χ2v) is 16.5. The van der Waals surface area contributed by atoms with Gasteiger partial charge < -0.3 is 19.3 Å². The maximum absolute atomic E-state index is 14.7. The lowest BCUT2D eigenvalue weighted by atomic mass is 9.77. The zero-order valence-corrected chi connectivity index (χ0v) is 31.4. The summed E-state index contributed by atoms with van der Waals surface area (Å²) in [4.78, 5) is 5.00. The number of fused-ring (bicyclic) bond motifs is 9. The number of nitrogens with zero attached hydrogens (tertiary/aromatic N) is 2. The van der Waals surface area contributed by atoms with Crippen LogP contribution in [0.1, 0.15) is 31.9 Å². The molecule has 3 heterocycles. The average Bonchev–Trinajstić information content (AvgIpc) is 3.21. The minimum Gasteiger partial charge on any atom is -0.458 e. The maximum atomic E-state index is 14.7. The summed E-state index contributed by atoms with van der Waals surface area (Å²) in [6.07, 6.45) is 5.61. The Bertz CT molecular complexity index is 2980. The first-order valence-corrected chi connectivity index (χ1v) is 19.8. The summed E-state index contributed by atoms with van der Waals surface area (Å²) >= 11 is 0. The van der Waals surface area contributed by atoms with Gasteiger partial charge in [0.25, 0.3) is 0 Å². The lowest BCUT2D eigenvalue weighted by Gasteiger charge is -2.39. The SMILES string of the molecule is C=C/C=C\C1=C(C)Oc2ccc3ccccc3c2N1c1ccc2c(c1)C(C)(C)c1cc(N3c4ccccc4Oc4ccc5ccccc5c43)ccc1S2(=O)=O. The van der Waals surface area contributed by atoms with Gasteiger partial charge in [0.15, 0.2) is 17.2 Å². The Morgan fingerprint density at radius 2 is 1.16 bits per heavy atom. The van der Waals surface area contributed by atoms with Gasteiger partial charge in [-0.1, -0.05) is 105 Å². The van der Waals surface area contributed by atoms with Crippen molar-refractivity contribution in [3.05, 3.63) is 181 Å². The Kier molecular flexibility index (Phi) is 7.19. The first kappa shape index (κ1) is 33.0. The number of para-hydroxylation sites is 2. The number of ether oxygens (including phenoxy) is 2. The van der Waals surface area contributed by atoms with Gasteiger partial charge in [0.05, 0.1) is 32.6 Å². The molecule has 0 aliphatic carbocycles. The summed E-state index contributed by atoms with van der Waals surface area (Å²) in [5, 5.41) is 4.22. The van der Waals surface area contributed by atoms with Gasteiger partial charge in [0.1, 0.15) is 5.76 Å². The number of rotatable bonds is 4. The summed E-state index contributed by atoms with van der Waals surface area (Å²) in [5.74, 6) is 2.91. The van der Waals surface area contributed by atoms with Crippen LogP contribution in [0.5, 0.6) is 17.2 Å². The molecule has 0 bridgehead atoms. The highest BCUT2D eigenvalue weighted by Gasteiger charge is 2.42. The molecule has 0 saturated carbocycles. The minimum atomic E-state index is -3.88. The predicted octanol–water partition coefficient (Wildman–Crippen LogP) is 12.5. The highest BCUT2D eigenvalue weighted by atomic mass is 32.2. The van der Waals surface area contributed by atoms with Gasteiger partial charge in [0, 0.05) is 27.6 Å². The van der Waals surface area contributed by atoms with Crippen LogP contribution in [0.25, 0.3) is 21.5 Å². The molecule has 55 heavy (non-hydrogen) atoms. The molecule has 6 nitrogen and oxygen atoms in total. The van der Waals surface area contributed by atoms with Crippen molar-refractivity contribution >= 4 is 59.8 Å². The van der Waals surface area contributed by atoms with E-state index in [1.165, 1.54) is 0 Å². The molecule has 0 aromatic heterocycles. The fraction of sp³-hybridized carbons (Fsp3) is 0.0833. The summed E-state index contributed by atoms with van der Waals surface area (Å²) < 4.78 is 42.2. The Hall–Kier alpha value is -6.57. The van der Waals surface area contributed by atoms with Crippen LogP contribution in [0.2, 0.25) is 0 Å². The van der Waals surface area contributed by atoms with E-state index in [0.717, 1.165) is 89.8 Å². The van der Waals surface area contributed by atoms with Crippen LogP contribution in [-0.4, -0.2) is 8.42 Å². The highest BCUT2D eigenvalue weighted by molar-refractivity contribution is 7.91. The Labute approximate surface area is 320 Å². The molecule has 0 N–H and O–H groups in total. The topological polar surface area (TPSA) is 59.1 Å². The normalized spacial score (nSPS) is 16.1. The fourth-order valence-electron chi connectivity index (χ4n) is 8.47. The van der Waals surface area contributed by atoms with Crippen molar-refractivity contribution in [1.29, 1.82) is 0 Å². The van der Waals surface area contributed by atoms with E-state index in [1.807, 2.05) is 97.9 Å². The van der Waals surface area contributed by atoms with Gasteiger partial charge in [-0.3, -0.25) is 0 Å². The standard InChI is InChI=1S/C48H36N2O4S/c1-5-6-17-39-30(2)53-42-24-20-31-13-7-9-15-35(31)46(42)49(39)33-22-26-44-37(28-33)48(3,4)38-29-34(23-27-45(38)55(44,51)52)50-40-18-11-12-19-41(40)54-43-25-21-32-14-8-10-16-36(32)47(43)50/h5-29H,1H2,2-4H3/b17-6-. The molecule has 0 unspecified atom stereocenters. The van der Waals surface area contributed by atoms with Gasteiger partial charge in [0.2, 0.25) is 9.84 Å². The van der Waals surface area contributed by atoms with Crippen molar-refractivity contribution in [2.24, 2.45) is 0 Å². The number of anilines is 5. The number of benzene rings is 7. The number of hydrogen-bond donors (Lipinski definition) is 0. The van der Waals surface area contributed by atoms with E-state index in [9.17, 15) is 8.42 Å². The Morgan fingerprint density at radius 1 is 0.618 bits per heavy atom. The molecule has 0 atom stereocenters. The molecule has 7 heteroatoms. The molecule has 0 radical (unpaired) electrons. The maximum Gasteiger partial charge on any atom is 0.207 e. The third kappa shape index (κ3) is 4.83. The van der Waals surface area contributed by atoms with Gasteiger partial charge in [-0.15, -0.1) is 0 Å².